The van der Waals surface area contributed by atoms with Crippen LogP contribution in [0.3, 0.4) is 0 Å². The number of hydrazine groups is 1. The number of carbonyl (C=O) groups is 1. The predicted molar refractivity (Wildman–Crippen MR) is 171 cm³/mol. The van der Waals surface area contributed by atoms with Crippen molar-refractivity contribution < 1.29 is 19.4 Å². The van der Waals surface area contributed by atoms with Crippen LogP contribution in [0, 0.1) is 0 Å². The third kappa shape index (κ3) is 5.49. The molecule has 0 saturated heterocycles. The van der Waals surface area contributed by atoms with Gasteiger partial charge in [-0.25, -0.2) is 10.4 Å². The highest BCUT2D eigenvalue weighted by molar-refractivity contribution is 9.10. The number of amides is 1. The maximum absolute atomic E-state index is 14.3. The van der Waals surface area contributed by atoms with Crippen molar-refractivity contribution in [1.82, 2.24) is 10.9 Å². The highest BCUT2D eigenvalue weighted by atomic mass is 79.9. The van der Waals surface area contributed by atoms with Crippen molar-refractivity contribution >= 4 is 27.7 Å². The molecule has 1 aliphatic carbocycles. The summed E-state index contributed by atoms with van der Waals surface area (Å²) in [5, 5.41) is 9.03. The molecular weight excluding hydrogens is 606 g/mol. The number of halogens is 1. The van der Waals surface area contributed by atoms with Gasteiger partial charge in [-0.15, -0.1) is 6.58 Å². The molecule has 8 heteroatoms. The monoisotopic (exact) mass is 637 g/mol. The number of nitrogens with zero attached hydrogens (tertiary/aromatic N) is 1. The molecule has 1 aliphatic heterocycles. The number of rotatable bonds is 11. The first-order valence-corrected chi connectivity index (χ1v) is 15.0. The van der Waals surface area contributed by atoms with Gasteiger partial charge in [-0.1, -0.05) is 88.7 Å². The van der Waals surface area contributed by atoms with Gasteiger partial charge in [0, 0.05) is 35.0 Å². The first-order chi connectivity index (χ1) is 21.1. The quantitative estimate of drug-likeness (QED) is 0.100. The molecule has 3 N–H and O–H groups in total. The molecule has 0 saturated carbocycles. The molecule has 6 rings (SSSR count). The van der Waals surface area contributed by atoms with Crippen LogP contribution >= 0.6 is 15.9 Å². The Morgan fingerprint density at radius 3 is 2.21 bits per heavy atom. The summed E-state index contributed by atoms with van der Waals surface area (Å²) in [6, 6.07) is 31.3. The van der Waals surface area contributed by atoms with E-state index >= 15 is 0 Å². The van der Waals surface area contributed by atoms with Gasteiger partial charge in [0.25, 0.3) is 5.91 Å². The summed E-state index contributed by atoms with van der Waals surface area (Å²) in [7, 11) is 0. The number of fused-ring (bicyclic) bond motifs is 3. The second-order valence-corrected chi connectivity index (χ2v) is 11.4. The molecule has 4 aromatic carbocycles. The zero-order chi connectivity index (χ0) is 29.8. The third-order valence-corrected chi connectivity index (χ3v) is 8.56. The Bertz CT molecular complexity index is 1630. The van der Waals surface area contributed by atoms with E-state index in [4.69, 9.17) is 19.6 Å². The minimum atomic E-state index is -1.33. The molecule has 0 bridgehead atoms. The Morgan fingerprint density at radius 1 is 0.953 bits per heavy atom. The van der Waals surface area contributed by atoms with E-state index in [0.717, 1.165) is 37.9 Å². The lowest BCUT2D eigenvalue weighted by Crippen LogP contribution is -2.53. The van der Waals surface area contributed by atoms with Crippen molar-refractivity contribution in [2.24, 2.45) is 4.99 Å². The van der Waals surface area contributed by atoms with E-state index in [1.807, 2.05) is 72.8 Å². The van der Waals surface area contributed by atoms with Crippen molar-refractivity contribution in [3.05, 3.63) is 136 Å². The van der Waals surface area contributed by atoms with E-state index < -0.39 is 11.6 Å². The Balaban J connectivity index is 1.33. The molecule has 0 spiro atoms. The van der Waals surface area contributed by atoms with Gasteiger partial charge in [-0.05, 0) is 52.6 Å². The molecule has 0 unspecified atom stereocenters. The Labute approximate surface area is 259 Å². The average Bonchev–Trinajstić information content (AvgIpc) is 3.58. The van der Waals surface area contributed by atoms with E-state index in [1.54, 1.807) is 6.08 Å². The van der Waals surface area contributed by atoms with Gasteiger partial charge in [0.05, 0.1) is 12.6 Å². The lowest BCUT2D eigenvalue weighted by atomic mass is 9.84. The van der Waals surface area contributed by atoms with E-state index in [2.05, 4.69) is 57.6 Å². The molecule has 1 heterocycles. The number of ether oxygens (including phenoxy) is 2. The number of aliphatic hydroxyl groups is 1. The molecule has 0 fully saturated rings. The first-order valence-electron chi connectivity index (χ1n) is 14.3. The predicted octanol–water partition coefficient (Wildman–Crippen LogP) is 6.43. The SMILES string of the molecule is C=CC[C@]1(C(=O)NNC2c3ccccc3-c3ccccc32)N=C(c2ccc(OCCCO)cc2)O[C@H]1c1ccccc1Br. The van der Waals surface area contributed by atoms with Crippen molar-refractivity contribution in [2.45, 2.75) is 30.5 Å². The van der Waals surface area contributed by atoms with Crippen molar-refractivity contribution in [3.8, 4) is 16.9 Å². The van der Waals surface area contributed by atoms with Crippen LogP contribution in [0.1, 0.15) is 47.2 Å². The lowest BCUT2D eigenvalue weighted by molar-refractivity contribution is -0.130. The fourth-order valence-corrected chi connectivity index (χ4v) is 6.25. The molecule has 2 atom stereocenters. The molecule has 4 aromatic rings. The van der Waals surface area contributed by atoms with Crippen LogP contribution in [-0.4, -0.2) is 35.7 Å². The summed E-state index contributed by atoms with van der Waals surface area (Å²) in [5.41, 5.74) is 11.0. The number of benzene rings is 4. The second-order valence-electron chi connectivity index (χ2n) is 10.5. The van der Waals surface area contributed by atoms with Crippen molar-refractivity contribution in [2.75, 3.05) is 13.2 Å². The fraction of sp³-hybridized carbons (Fsp3) is 0.200. The zero-order valence-electron chi connectivity index (χ0n) is 23.5. The molecule has 2 aliphatic rings. The molecule has 0 aromatic heterocycles. The summed E-state index contributed by atoms with van der Waals surface area (Å²) in [5.74, 6) is 0.708. The van der Waals surface area contributed by atoms with Gasteiger partial charge in [-0.3, -0.25) is 10.2 Å². The number of nitrogens with one attached hydrogen (secondary N) is 2. The number of hydrogen-bond donors (Lipinski definition) is 3. The van der Waals surface area contributed by atoms with Crippen LogP contribution in [-0.2, 0) is 9.53 Å². The number of carbonyl (C=O) groups excluding carboxylic acids is 1. The summed E-state index contributed by atoms with van der Waals surface area (Å²) in [4.78, 5) is 19.3. The lowest BCUT2D eigenvalue weighted by Gasteiger charge is -2.31. The van der Waals surface area contributed by atoms with Gasteiger partial charge < -0.3 is 14.6 Å². The number of aliphatic imine (C=N–C) groups is 1. The maximum Gasteiger partial charge on any atom is 0.266 e. The van der Waals surface area contributed by atoms with Gasteiger partial charge in [0.1, 0.15) is 5.75 Å². The minimum Gasteiger partial charge on any atom is -0.494 e. The smallest absolute Gasteiger partial charge is 0.266 e. The Hall–Kier alpha value is -4.24. The molecule has 7 nitrogen and oxygen atoms in total. The van der Waals surface area contributed by atoms with Crippen molar-refractivity contribution in [3.63, 3.8) is 0 Å². The van der Waals surface area contributed by atoms with Crippen LogP contribution in [0.15, 0.2) is 119 Å². The zero-order valence-corrected chi connectivity index (χ0v) is 25.1. The Kier molecular flexibility index (Phi) is 8.42. The standard InChI is InChI=1S/C35H32BrN3O4/c1-2-20-35(34(41)39-38-31-27-12-5-3-10-25(27)26-11-4-6-13-28(26)31)32(29-14-7-8-15-30(29)36)43-33(37-35)23-16-18-24(19-17-23)42-22-9-21-40/h2-8,10-19,31-32,38,40H,1,9,20-22H2,(H,39,41)/t32-,35-/m0/s1. The minimum absolute atomic E-state index is 0.0707. The summed E-state index contributed by atoms with van der Waals surface area (Å²) in [6.45, 7) is 4.46. The van der Waals surface area contributed by atoms with Gasteiger partial charge in [-0.2, -0.15) is 0 Å². The Morgan fingerprint density at radius 2 is 1.58 bits per heavy atom. The average molecular weight is 639 g/mol. The van der Waals surface area contributed by atoms with Crippen LogP contribution in [0.25, 0.3) is 11.1 Å². The molecule has 0 radical (unpaired) electrons. The van der Waals surface area contributed by atoms with Crippen LogP contribution in [0.4, 0.5) is 0 Å². The van der Waals surface area contributed by atoms with Crippen LogP contribution < -0.4 is 15.6 Å². The van der Waals surface area contributed by atoms with Crippen LogP contribution in [0.2, 0.25) is 0 Å². The van der Waals surface area contributed by atoms with Crippen LogP contribution in [0.5, 0.6) is 5.75 Å². The topological polar surface area (TPSA) is 92.2 Å². The summed E-state index contributed by atoms with van der Waals surface area (Å²) < 4.78 is 13.0. The normalized spacial score (nSPS) is 18.7. The molecule has 43 heavy (non-hydrogen) atoms. The highest BCUT2D eigenvalue weighted by Gasteiger charge is 2.53. The first kappa shape index (κ1) is 28.9. The van der Waals surface area contributed by atoms with Gasteiger partial charge >= 0.3 is 0 Å². The second kappa shape index (κ2) is 12.6. The number of hydrogen-bond acceptors (Lipinski definition) is 6. The molecule has 218 valence electrons. The highest BCUT2D eigenvalue weighted by Crippen LogP contribution is 2.46. The van der Waals surface area contributed by atoms with E-state index in [0.29, 0.717) is 24.7 Å². The van der Waals surface area contributed by atoms with E-state index in [9.17, 15) is 4.79 Å². The fourth-order valence-electron chi connectivity index (χ4n) is 5.76. The summed E-state index contributed by atoms with van der Waals surface area (Å²) in [6.07, 6.45) is 1.78. The number of aliphatic hydroxyl groups excluding tert-OH is 1. The van der Waals surface area contributed by atoms with Gasteiger partial charge in [0.2, 0.25) is 5.90 Å². The van der Waals surface area contributed by atoms with Crippen molar-refractivity contribution in [1.29, 1.82) is 0 Å². The maximum atomic E-state index is 14.3. The van der Waals surface area contributed by atoms with Gasteiger partial charge in [0.15, 0.2) is 11.6 Å². The molecular formula is C35H32BrN3O4. The van der Waals surface area contributed by atoms with E-state index in [-0.39, 0.29) is 25.0 Å². The van der Waals surface area contributed by atoms with E-state index in [1.165, 1.54) is 0 Å². The summed E-state index contributed by atoms with van der Waals surface area (Å²) >= 11 is 3.66. The third-order valence-electron chi connectivity index (χ3n) is 7.84. The largest absolute Gasteiger partial charge is 0.494 e. The molecule has 1 amide bonds.